The number of rotatable bonds is 6. The van der Waals surface area contributed by atoms with E-state index < -0.39 is 0 Å². The molecule has 6 heteroatoms. The van der Waals surface area contributed by atoms with Gasteiger partial charge in [-0.05, 0) is 25.1 Å². The minimum absolute atomic E-state index is 0.0861. The van der Waals surface area contributed by atoms with E-state index in [0.717, 1.165) is 5.56 Å². The summed E-state index contributed by atoms with van der Waals surface area (Å²) in [6.45, 7) is 2.25. The number of aliphatic hydroxyl groups is 2. The first-order chi connectivity index (χ1) is 12.1. The molecule has 0 unspecified atom stereocenters. The monoisotopic (exact) mass is 340 g/mol. The predicted molar refractivity (Wildman–Crippen MR) is 95.6 cm³/mol. The molecule has 0 aliphatic heterocycles. The van der Waals surface area contributed by atoms with Crippen molar-refractivity contribution >= 4 is 22.9 Å². The highest BCUT2D eigenvalue weighted by Gasteiger charge is 2.33. The number of aryl methyl sites for hydroxylation is 1. The number of hydrogen-bond donors (Lipinski definition) is 4. The van der Waals surface area contributed by atoms with E-state index in [1.54, 1.807) is 24.3 Å². The van der Waals surface area contributed by atoms with Crippen molar-refractivity contribution in [2.45, 2.75) is 6.92 Å². The predicted octanol–water partition coefficient (Wildman–Crippen LogP) is 1.58. The van der Waals surface area contributed by atoms with Gasteiger partial charge in [0.2, 0.25) is 0 Å². The fourth-order valence-corrected chi connectivity index (χ4v) is 3.06. The van der Waals surface area contributed by atoms with Crippen LogP contribution in [0.3, 0.4) is 0 Å². The molecule has 4 N–H and O–H groups in total. The number of ketones is 2. The highest BCUT2D eigenvalue weighted by atomic mass is 16.3. The van der Waals surface area contributed by atoms with E-state index in [1.165, 1.54) is 0 Å². The summed E-state index contributed by atoms with van der Waals surface area (Å²) in [4.78, 5) is 26.1. The van der Waals surface area contributed by atoms with Gasteiger partial charge < -0.3 is 20.8 Å². The lowest BCUT2D eigenvalue weighted by Crippen LogP contribution is -2.25. The van der Waals surface area contributed by atoms with E-state index in [1.807, 2.05) is 13.0 Å². The molecule has 0 amide bonds. The van der Waals surface area contributed by atoms with Gasteiger partial charge in [-0.2, -0.15) is 0 Å². The van der Waals surface area contributed by atoms with Gasteiger partial charge in [0.15, 0.2) is 11.6 Å². The molecule has 0 atom stereocenters. The summed E-state index contributed by atoms with van der Waals surface area (Å²) < 4.78 is 0. The van der Waals surface area contributed by atoms with Gasteiger partial charge in [0.25, 0.3) is 0 Å². The van der Waals surface area contributed by atoms with E-state index in [9.17, 15) is 9.59 Å². The first kappa shape index (κ1) is 17.1. The van der Waals surface area contributed by atoms with Crippen molar-refractivity contribution in [1.29, 1.82) is 0 Å². The standard InChI is InChI=1S/C19H20N2O4/c1-11-2-3-12-13(10-11)19(25)17-15(21-7-9-23)5-4-14(20-6-8-22)16(17)18(12)24/h2-5,10,20-23H,6-9H2,1H3. The highest BCUT2D eigenvalue weighted by Crippen LogP contribution is 2.36. The maximum Gasteiger partial charge on any atom is 0.196 e. The Bertz CT molecular complexity index is 846. The van der Waals surface area contributed by atoms with Crippen LogP contribution >= 0.6 is 0 Å². The number of carbonyl (C=O) groups is 2. The average molecular weight is 340 g/mol. The van der Waals surface area contributed by atoms with E-state index in [4.69, 9.17) is 10.2 Å². The molecule has 25 heavy (non-hydrogen) atoms. The van der Waals surface area contributed by atoms with Crippen molar-refractivity contribution in [3.05, 3.63) is 58.1 Å². The minimum Gasteiger partial charge on any atom is -0.395 e. The third kappa shape index (κ3) is 3.01. The quantitative estimate of drug-likeness (QED) is 0.544. The number of nitrogens with one attached hydrogen (secondary N) is 2. The maximum absolute atomic E-state index is 13.1. The molecule has 3 rings (SSSR count). The number of hydrogen-bond acceptors (Lipinski definition) is 6. The van der Waals surface area contributed by atoms with E-state index in [2.05, 4.69) is 10.6 Å². The number of aliphatic hydroxyl groups excluding tert-OH is 2. The summed E-state index contributed by atoms with van der Waals surface area (Å²) in [7, 11) is 0. The maximum atomic E-state index is 13.1. The number of fused-ring (bicyclic) bond motifs is 2. The molecule has 0 aromatic heterocycles. The lowest BCUT2D eigenvalue weighted by molar-refractivity contribution is 0.0980. The molecule has 0 saturated carbocycles. The highest BCUT2D eigenvalue weighted by molar-refractivity contribution is 6.32. The molecule has 0 saturated heterocycles. The summed E-state index contributed by atoms with van der Waals surface area (Å²) in [6.07, 6.45) is 0. The third-order valence-corrected chi connectivity index (χ3v) is 4.18. The van der Waals surface area contributed by atoms with Crippen molar-refractivity contribution in [3.63, 3.8) is 0 Å². The molecule has 0 fully saturated rings. The van der Waals surface area contributed by atoms with Crippen LogP contribution in [-0.4, -0.2) is 48.1 Å². The second-order valence-electron chi connectivity index (χ2n) is 5.92. The minimum atomic E-state index is -0.224. The Hall–Kier alpha value is -2.70. The van der Waals surface area contributed by atoms with E-state index >= 15 is 0 Å². The van der Waals surface area contributed by atoms with Crippen molar-refractivity contribution in [3.8, 4) is 0 Å². The van der Waals surface area contributed by atoms with Crippen LogP contribution in [0.5, 0.6) is 0 Å². The van der Waals surface area contributed by atoms with Gasteiger partial charge in [0.05, 0.1) is 24.3 Å². The second kappa shape index (κ2) is 7.04. The van der Waals surface area contributed by atoms with Gasteiger partial charge in [-0.3, -0.25) is 9.59 Å². The fourth-order valence-electron chi connectivity index (χ4n) is 3.06. The molecule has 2 aromatic rings. The van der Waals surface area contributed by atoms with E-state index in [0.29, 0.717) is 33.6 Å². The van der Waals surface area contributed by atoms with Crippen LogP contribution in [0.4, 0.5) is 11.4 Å². The zero-order valence-electron chi connectivity index (χ0n) is 13.9. The first-order valence-corrected chi connectivity index (χ1v) is 8.15. The molecular formula is C19H20N2O4. The Morgan fingerprint density at radius 1 is 0.800 bits per heavy atom. The molecule has 0 spiro atoms. The van der Waals surface area contributed by atoms with Gasteiger partial charge in [0.1, 0.15) is 0 Å². The van der Waals surface area contributed by atoms with Crippen LogP contribution in [0.1, 0.15) is 37.4 Å². The molecule has 6 nitrogen and oxygen atoms in total. The van der Waals surface area contributed by atoms with Gasteiger partial charge >= 0.3 is 0 Å². The smallest absolute Gasteiger partial charge is 0.196 e. The first-order valence-electron chi connectivity index (χ1n) is 8.15. The molecule has 0 bridgehead atoms. The lowest BCUT2D eigenvalue weighted by atomic mass is 9.81. The Morgan fingerprint density at radius 2 is 1.32 bits per heavy atom. The molecule has 130 valence electrons. The van der Waals surface area contributed by atoms with Crippen LogP contribution < -0.4 is 10.6 Å². The zero-order valence-corrected chi connectivity index (χ0v) is 13.9. The van der Waals surface area contributed by atoms with Crippen molar-refractivity contribution in [1.82, 2.24) is 0 Å². The molecule has 0 heterocycles. The van der Waals surface area contributed by atoms with Crippen molar-refractivity contribution < 1.29 is 19.8 Å². The molecule has 0 radical (unpaired) electrons. The van der Waals surface area contributed by atoms with Gasteiger partial charge in [-0.25, -0.2) is 0 Å². The lowest BCUT2D eigenvalue weighted by Gasteiger charge is -2.24. The SMILES string of the molecule is Cc1ccc2c(c1)C(=O)c1c(NCCO)ccc(NCCO)c1C2=O. The summed E-state index contributed by atoms with van der Waals surface area (Å²) >= 11 is 0. The number of carbonyl (C=O) groups excluding carboxylic acids is 2. The van der Waals surface area contributed by atoms with E-state index in [-0.39, 0.29) is 37.9 Å². The van der Waals surface area contributed by atoms with Crippen LogP contribution in [0.15, 0.2) is 30.3 Å². The van der Waals surface area contributed by atoms with Gasteiger partial charge in [-0.15, -0.1) is 0 Å². The topological polar surface area (TPSA) is 98.7 Å². The van der Waals surface area contributed by atoms with Crippen LogP contribution in [0.25, 0.3) is 0 Å². The largest absolute Gasteiger partial charge is 0.395 e. The normalized spacial score (nSPS) is 12.6. The zero-order chi connectivity index (χ0) is 18.0. The molecule has 2 aromatic carbocycles. The Labute approximate surface area is 145 Å². The Kier molecular flexibility index (Phi) is 4.83. The number of benzene rings is 2. The third-order valence-electron chi connectivity index (χ3n) is 4.18. The number of anilines is 2. The fraction of sp³-hybridized carbons (Fsp3) is 0.263. The molecule has 1 aliphatic carbocycles. The summed E-state index contributed by atoms with van der Waals surface area (Å²) in [6, 6.07) is 8.63. The summed E-state index contributed by atoms with van der Waals surface area (Å²) in [5.74, 6) is -0.445. The average Bonchev–Trinajstić information content (AvgIpc) is 2.62. The molecule has 1 aliphatic rings. The van der Waals surface area contributed by atoms with Gasteiger partial charge in [0, 0.05) is 35.6 Å². The van der Waals surface area contributed by atoms with Crippen molar-refractivity contribution in [2.75, 3.05) is 36.9 Å². The van der Waals surface area contributed by atoms with Crippen LogP contribution in [0.2, 0.25) is 0 Å². The molecular weight excluding hydrogens is 320 g/mol. The second-order valence-corrected chi connectivity index (χ2v) is 5.92. The van der Waals surface area contributed by atoms with Gasteiger partial charge in [-0.1, -0.05) is 17.7 Å². The van der Waals surface area contributed by atoms with Crippen LogP contribution in [0, 0.1) is 6.92 Å². The van der Waals surface area contributed by atoms with Crippen molar-refractivity contribution in [2.24, 2.45) is 0 Å². The Morgan fingerprint density at radius 3 is 1.84 bits per heavy atom. The summed E-state index contributed by atoms with van der Waals surface area (Å²) in [5, 5.41) is 24.1. The summed E-state index contributed by atoms with van der Waals surface area (Å²) in [5.41, 5.74) is 3.32. The van der Waals surface area contributed by atoms with Crippen LogP contribution in [-0.2, 0) is 0 Å². The Balaban J connectivity index is 2.20.